The van der Waals surface area contributed by atoms with E-state index in [0.717, 1.165) is 30.7 Å². The summed E-state index contributed by atoms with van der Waals surface area (Å²) in [5.41, 5.74) is 1.52. The first kappa shape index (κ1) is 13.1. The second-order valence-electron chi connectivity index (χ2n) is 5.20. The first-order valence-corrected chi connectivity index (χ1v) is 6.74. The van der Waals surface area contributed by atoms with Gasteiger partial charge in [-0.05, 0) is 31.9 Å². The lowest BCUT2D eigenvalue weighted by atomic mass is 9.99. The molecular formula is C15H22N2O. The first-order valence-electron chi connectivity index (χ1n) is 6.74. The Morgan fingerprint density at radius 1 is 1.28 bits per heavy atom. The molecule has 0 amide bonds. The van der Waals surface area contributed by atoms with Gasteiger partial charge in [0.15, 0.2) is 0 Å². The molecule has 1 aromatic carbocycles. The highest BCUT2D eigenvalue weighted by molar-refractivity contribution is 5.75. The van der Waals surface area contributed by atoms with Crippen LogP contribution in [0.3, 0.4) is 0 Å². The van der Waals surface area contributed by atoms with Gasteiger partial charge in [-0.15, -0.1) is 0 Å². The van der Waals surface area contributed by atoms with Crippen LogP contribution >= 0.6 is 0 Å². The Labute approximate surface area is 108 Å². The number of aromatic nitrogens is 2. The van der Waals surface area contributed by atoms with Crippen molar-refractivity contribution in [2.24, 2.45) is 0 Å². The Kier molecular flexibility index (Phi) is 3.71. The van der Waals surface area contributed by atoms with E-state index >= 15 is 0 Å². The van der Waals surface area contributed by atoms with Crippen LogP contribution in [0.2, 0.25) is 0 Å². The second kappa shape index (κ2) is 5.11. The number of hydrogen-bond acceptors (Lipinski definition) is 2. The van der Waals surface area contributed by atoms with E-state index in [4.69, 9.17) is 0 Å². The summed E-state index contributed by atoms with van der Waals surface area (Å²) in [7, 11) is 0. The van der Waals surface area contributed by atoms with Crippen LogP contribution < -0.4 is 0 Å². The van der Waals surface area contributed by atoms with Gasteiger partial charge in [-0.25, -0.2) is 4.98 Å². The fraction of sp³-hybridized carbons (Fsp3) is 0.533. The number of imidazole rings is 1. The number of aliphatic hydroxyl groups is 1. The maximum absolute atomic E-state index is 10.2. The lowest BCUT2D eigenvalue weighted by Gasteiger charge is -2.21. The lowest BCUT2D eigenvalue weighted by Crippen LogP contribution is -2.27. The van der Waals surface area contributed by atoms with E-state index in [1.165, 1.54) is 5.52 Å². The predicted molar refractivity (Wildman–Crippen MR) is 74.6 cm³/mol. The number of fused-ring (bicyclic) bond motifs is 1. The van der Waals surface area contributed by atoms with Crippen LogP contribution in [0.1, 0.15) is 39.4 Å². The van der Waals surface area contributed by atoms with Crippen LogP contribution in [0.15, 0.2) is 24.3 Å². The van der Waals surface area contributed by atoms with Gasteiger partial charge in [-0.3, -0.25) is 0 Å². The summed E-state index contributed by atoms with van der Waals surface area (Å²) in [4.78, 5) is 4.67. The van der Waals surface area contributed by atoms with E-state index in [1.54, 1.807) is 0 Å². The van der Waals surface area contributed by atoms with Crippen molar-refractivity contribution in [2.45, 2.75) is 52.2 Å². The molecule has 3 nitrogen and oxygen atoms in total. The summed E-state index contributed by atoms with van der Waals surface area (Å²) in [6, 6.07) is 8.18. The summed E-state index contributed by atoms with van der Waals surface area (Å²) in [5.74, 6) is 0.991. The van der Waals surface area contributed by atoms with Gasteiger partial charge in [0.2, 0.25) is 0 Å². The average Bonchev–Trinajstić information content (AvgIpc) is 2.68. The Balaban J connectivity index is 2.45. The minimum atomic E-state index is -0.674. The predicted octanol–water partition coefficient (Wildman–Crippen LogP) is 3.15. The zero-order chi connectivity index (χ0) is 13.2. The first-order chi connectivity index (χ1) is 8.57. The zero-order valence-corrected chi connectivity index (χ0v) is 11.5. The number of hydrogen-bond donors (Lipinski definition) is 1. The standard InChI is InChI=1S/C15H22N2O/c1-4-10-17-13-9-7-6-8-12(13)16-14(17)11-15(3,18)5-2/h6-9,18H,4-5,10-11H2,1-3H3. The highest BCUT2D eigenvalue weighted by atomic mass is 16.3. The fourth-order valence-electron chi connectivity index (χ4n) is 2.20. The van der Waals surface area contributed by atoms with Crippen molar-refractivity contribution in [1.29, 1.82) is 0 Å². The largest absolute Gasteiger partial charge is 0.390 e. The topological polar surface area (TPSA) is 38.0 Å². The van der Waals surface area contributed by atoms with E-state index in [-0.39, 0.29) is 0 Å². The molecule has 1 N–H and O–H groups in total. The molecule has 0 aliphatic heterocycles. The van der Waals surface area contributed by atoms with Crippen molar-refractivity contribution < 1.29 is 5.11 Å². The minimum absolute atomic E-state index is 0.609. The molecule has 1 aromatic heterocycles. The maximum Gasteiger partial charge on any atom is 0.112 e. The van der Waals surface area contributed by atoms with E-state index < -0.39 is 5.60 Å². The molecule has 0 saturated carbocycles. The van der Waals surface area contributed by atoms with Gasteiger partial charge < -0.3 is 9.67 Å². The van der Waals surface area contributed by atoms with Gasteiger partial charge in [0, 0.05) is 13.0 Å². The third-order valence-electron chi connectivity index (χ3n) is 3.48. The van der Waals surface area contributed by atoms with Crippen LogP contribution in [0, 0.1) is 0 Å². The number of nitrogens with zero attached hydrogens (tertiary/aromatic N) is 2. The van der Waals surface area contributed by atoms with Crippen LogP contribution in [-0.4, -0.2) is 20.3 Å². The van der Waals surface area contributed by atoms with Crippen LogP contribution in [0.4, 0.5) is 0 Å². The third-order valence-corrected chi connectivity index (χ3v) is 3.48. The molecule has 1 unspecified atom stereocenters. The Morgan fingerprint density at radius 2 is 2.00 bits per heavy atom. The van der Waals surface area contributed by atoms with E-state index in [2.05, 4.69) is 22.5 Å². The molecule has 1 atom stereocenters. The molecular weight excluding hydrogens is 224 g/mol. The minimum Gasteiger partial charge on any atom is -0.390 e. The molecule has 0 bridgehead atoms. The van der Waals surface area contributed by atoms with Crippen molar-refractivity contribution in [3.63, 3.8) is 0 Å². The summed E-state index contributed by atoms with van der Waals surface area (Å²) < 4.78 is 2.24. The summed E-state index contributed by atoms with van der Waals surface area (Å²) in [6.07, 6.45) is 2.42. The molecule has 0 saturated heterocycles. The molecule has 98 valence electrons. The molecule has 1 heterocycles. The highest BCUT2D eigenvalue weighted by Gasteiger charge is 2.22. The van der Waals surface area contributed by atoms with Crippen LogP contribution in [0.25, 0.3) is 11.0 Å². The molecule has 2 aromatic rings. The van der Waals surface area contributed by atoms with Crippen molar-refractivity contribution in [1.82, 2.24) is 9.55 Å². The Bertz CT molecular complexity index is 528. The maximum atomic E-state index is 10.2. The van der Waals surface area contributed by atoms with Crippen LogP contribution in [0.5, 0.6) is 0 Å². The number of benzene rings is 1. The van der Waals surface area contributed by atoms with Gasteiger partial charge in [0.05, 0.1) is 16.6 Å². The Hall–Kier alpha value is -1.35. The number of para-hydroxylation sites is 2. The second-order valence-corrected chi connectivity index (χ2v) is 5.20. The molecule has 0 spiro atoms. The monoisotopic (exact) mass is 246 g/mol. The van der Waals surface area contributed by atoms with Gasteiger partial charge in [-0.1, -0.05) is 26.0 Å². The summed E-state index contributed by atoms with van der Waals surface area (Å²) >= 11 is 0. The summed E-state index contributed by atoms with van der Waals surface area (Å²) in [6.45, 7) is 7.00. The average molecular weight is 246 g/mol. The normalized spacial score (nSPS) is 14.9. The number of aryl methyl sites for hydroxylation is 1. The van der Waals surface area contributed by atoms with Gasteiger partial charge in [-0.2, -0.15) is 0 Å². The van der Waals surface area contributed by atoms with Crippen molar-refractivity contribution >= 4 is 11.0 Å². The molecule has 2 rings (SSSR count). The Morgan fingerprint density at radius 3 is 2.67 bits per heavy atom. The quantitative estimate of drug-likeness (QED) is 0.880. The van der Waals surface area contributed by atoms with E-state index in [9.17, 15) is 5.11 Å². The molecule has 0 radical (unpaired) electrons. The van der Waals surface area contributed by atoms with Crippen LogP contribution in [-0.2, 0) is 13.0 Å². The zero-order valence-electron chi connectivity index (χ0n) is 11.5. The summed E-state index contributed by atoms with van der Waals surface area (Å²) in [5, 5.41) is 10.2. The van der Waals surface area contributed by atoms with Gasteiger partial charge in [0.25, 0.3) is 0 Å². The molecule has 0 aliphatic rings. The van der Waals surface area contributed by atoms with E-state index in [0.29, 0.717) is 6.42 Å². The lowest BCUT2D eigenvalue weighted by molar-refractivity contribution is 0.0536. The smallest absolute Gasteiger partial charge is 0.112 e. The van der Waals surface area contributed by atoms with Gasteiger partial charge >= 0.3 is 0 Å². The van der Waals surface area contributed by atoms with Crippen molar-refractivity contribution in [3.8, 4) is 0 Å². The third kappa shape index (κ3) is 2.56. The molecule has 3 heteroatoms. The number of rotatable bonds is 5. The molecule has 0 fully saturated rings. The van der Waals surface area contributed by atoms with Gasteiger partial charge in [0.1, 0.15) is 5.82 Å². The van der Waals surface area contributed by atoms with Crippen molar-refractivity contribution in [2.75, 3.05) is 0 Å². The highest BCUT2D eigenvalue weighted by Crippen LogP contribution is 2.21. The van der Waals surface area contributed by atoms with Crippen molar-refractivity contribution in [3.05, 3.63) is 30.1 Å². The van der Waals surface area contributed by atoms with E-state index in [1.807, 2.05) is 32.0 Å². The molecule has 18 heavy (non-hydrogen) atoms. The fourth-order valence-corrected chi connectivity index (χ4v) is 2.20. The SMILES string of the molecule is CCCn1c(CC(C)(O)CC)nc2ccccc21. The molecule has 0 aliphatic carbocycles.